The number of ether oxygens (including phenoxy) is 1. The van der Waals surface area contributed by atoms with Gasteiger partial charge in [0, 0.05) is 11.1 Å². The quantitative estimate of drug-likeness (QED) is 0.752. The molecule has 1 N–H and O–H groups in total. The summed E-state index contributed by atoms with van der Waals surface area (Å²) in [5.74, 6) is -1.87. The van der Waals surface area contributed by atoms with Crippen LogP contribution in [0.15, 0.2) is 46.5 Å². The minimum atomic E-state index is -4.53. The molecule has 0 saturated carbocycles. The number of halogens is 3. The van der Waals surface area contributed by atoms with Crippen LogP contribution in [0.3, 0.4) is 0 Å². The van der Waals surface area contributed by atoms with Crippen molar-refractivity contribution < 1.29 is 27.5 Å². The van der Waals surface area contributed by atoms with Crippen molar-refractivity contribution in [2.75, 3.05) is 13.2 Å². The Balaban J connectivity index is 2.02. The van der Waals surface area contributed by atoms with E-state index in [-0.39, 0.29) is 5.56 Å². The van der Waals surface area contributed by atoms with Gasteiger partial charge in [0.2, 0.25) is 0 Å². The number of carbonyl (C=O) groups excluding carboxylic acids is 2. The Morgan fingerprint density at radius 2 is 1.93 bits per heavy atom. The van der Waals surface area contributed by atoms with E-state index in [1.807, 2.05) is 32.0 Å². The van der Waals surface area contributed by atoms with Gasteiger partial charge in [0.25, 0.3) is 5.91 Å². The molecule has 0 aliphatic heterocycles. The molecule has 9 heteroatoms. The first-order chi connectivity index (χ1) is 12.7. The summed E-state index contributed by atoms with van der Waals surface area (Å²) < 4.78 is 41.0. The summed E-state index contributed by atoms with van der Waals surface area (Å²) in [7, 11) is 0. The average molecular weight is 398 g/mol. The lowest BCUT2D eigenvalue weighted by atomic mass is 10.1. The van der Waals surface area contributed by atoms with Crippen LogP contribution in [0.25, 0.3) is 0 Å². The molecule has 2 aromatic rings. The number of aromatic nitrogens is 1. The standard InChI is InChI=1S/C18H17F3N2O3S/c1-11-5-6-13(8-12(11)2)27-16-14(4-3-7-22-16)17(25)26-9-15(24)23-10-18(19,20)21/h3-8H,9-10H2,1-2H3,(H,23,24). The summed E-state index contributed by atoms with van der Waals surface area (Å²) in [6.07, 6.45) is -3.02. The fourth-order valence-electron chi connectivity index (χ4n) is 1.98. The summed E-state index contributed by atoms with van der Waals surface area (Å²) in [5.41, 5.74) is 2.34. The summed E-state index contributed by atoms with van der Waals surface area (Å²) in [6.45, 7) is 1.66. The van der Waals surface area contributed by atoms with Crippen molar-refractivity contribution in [2.45, 2.75) is 29.9 Å². The Morgan fingerprint density at radius 3 is 2.59 bits per heavy atom. The topological polar surface area (TPSA) is 68.3 Å². The maximum Gasteiger partial charge on any atom is 0.405 e. The number of esters is 1. The van der Waals surface area contributed by atoms with E-state index < -0.39 is 31.2 Å². The van der Waals surface area contributed by atoms with Crippen LogP contribution in [0.1, 0.15) is 21.5 Å². The fraction of sp³-hybridized carbons (Fsp3) is 0.278. The third-order valence-corrected chi connectivity index (χ3v) is 4.51. The van der Waals surface area contributed by atoms with Gasteiger partial charge in [-0.3, -0.25) is 4.79 Å². The molecule has 0 atom stereocenters. The Kier molecular flexibility index (Phi) is 6.84. The maximum absolute atomic E-state index is 12.2. The normalized spacial score (nSPS) is 11.1. The number of pyridine rings is 1. The molecule has 0 aliphatic rings. The average Bonchev–Trinajstić information content (AvgIpc) is 2.61. The molecule has 1 aromatic carbocycles. The number of benzene rings is 1. The predicted octanol–water partition coefficient (Wildman–Crippen LogP) is 3.68. The number of amides is 1. The van der Waals surface area contributed by atoms with Crippen LogP contribution in [-0.2, 0) is 9.53 Å². The zero-order valence-corrected chi connectivity index (χ0v) is 15.4. The first kappa shape index (κ1) is 20.8. The number of hydrogen-bond donors (Lipinski definition) is 1. The molecule has 1 heterocycles. The van der Waals surface area contributed by atoms with E-state index >= 15 is 0 Å². The van der Waals surface area contributed by atoms with Gasteiger partial charge in [0.1, 0.15) is 11.6 Å². The number of nitrogens with zero attached hydrogens (tertiary/aromatic N) is 1. The fourth-order valence-corrected chi connectivity index (χ4v) is 2.95. The van der Waals surface area contributed by atoms with Crippen molar-refractivity contribution >= 4 is 23.6 Å². The zero-order chi connectivity index (χ0) is 20.0. The van der Waals surface area contributed by atoms with Crippen molar-refractivity contribution in [1.29, 1.82) is 0 Å². The third-order valence-electron chi connectivity index (χ3n) is 3.50. The second kappa shape index (κ2) is 8.90. The predicted molar refractivity (Wildman–Crippen MR) is 93.6 cm³/mol. The highest BCUT2D eigenvalue weighted by Crippen LogP contribution is 2.30. The van der Waals surface area contributed by atoms with Gasteiger partial charge in [-0.05, 0) is 49.2 Å². The van der Waals surface area contributed by atoms with Gasteiger partial charge in [-0.25, -0.2) is 9.78 Å². The van der Waals surface area contributed by atoms with E-state index in [4.69, 9.17) is 4.74 Å². The molecular formula is C18H17F3N2O3S. The summed E-state index contributed by atoms with van der Waals surface area (Å²) in [6, 6.07) is 8.80. The van der Waals surface area contributed by atoms with Crippen molar-refractivity contribution in [1.82, 2.24) is 10.3 Å². The number of carbonyl (C=O) groups is 2. The number of nitrogens with one attached hydrogen (secondary N) is 1. The maximum atomic E-state index is 12.2. The van der Waals surface area contributed by atoms with Gasteiger partial charge in [-0.15, -0.1) is 0 Å². The number of hydrogen-bond acceptors (Lipinski definition) is 5. The van der Waals surface area contributed by atoms with Gasteiger partial charge < -0.3 is 10.1 Å². The molecule has 144 valence electrons. The molecule has 0 radical (unpaired) electrons. The molecule has 1 amide bonds. The van der Waals surface area contributed by atoms with Gasteiger partial charge in [0.05, 0.1) is 5.56 Å². The molecule has 0 saturated heterocycles. The molecule has 27 heavy (non-hydrogen) atoms. The highest BCUT2D eigenvalue weighted by molar-refractivity contribution is 7.99. The number of alkyl halides is 3. The zero-order valence-electron chi connectivity index (χ0n) is 14.6. The third kappa shape index (κ3) is 6.59. The van der Waals surface area contributed by atoms with E-state index in [2.05, 4.69) is 4.98 Å². The van der Waals surface area contributed by atoms with Crippen LogP contribution in [0, 0.1) is 13.8 Å². The highest BCUT2D eigenvalue weighted by Gasteiger charge is 2.28. The highest BCUT2D eigenvalue weighted by atomic mass is 32.2. The molecule has 0 bridgehead atoms. The first-order valence-corrected chi connectivity index (χ1v) is 8.68. The van der Waals surface area contributed by atoms with E-state index in [0.29, 0.717) is 5.03 Å². The Labute approximate surface area is 158 Å². The van der Waals surface area contributed by atoms with E-state index in [0.717, 1.165) is 16.0 Å². The molecule has 5 nitrogen and oxygen atoms in total. The summed E-state index contributed by atoms with van der Waals surface area (Å²) in [4.78, 5) is 28.6. The molecule has 0 spiro atoms. The lowest BCUT2D eigenvalue weighted by molar-refractivity contribution is -0.140. The second-order valence-corrected chi connectivity index (χ2v) is 6.73. The van der Waals surface area contributed by atoms with Crippen LogP contribution in [0.4, 0.5) is 13.2 Å². The first-order valence-electron chi connectivity index (χ1n) is 7.86. The van der Waals surface area contributed by atoms with Crippen LogP contribution >= 0.6 is 11.8 Å². The molecule has 2 rings (SSSR count). The van der Waals surface area contributed by atoms with Crippen LogP contribution in [0.2, 0.25) is 0 Å². The number of rotatable bonds is 6. The minimum Gasteiger partial charge on any atom is -0.452 e. The summed E-state index contributed by atoms with van der Waals surface area (Å²) >= 11 is 1.25. The van der Waals surface area contributed by atoms with Gasteiger partial charge in [0.15, 0.2) is 6.61 Å². The van der Waals surface area contributed by atoms with E-state index in [1.165, 1.54) is 30.1 Å². The lowest BCUT2D eigenvalue weighted by Gasteiger charge is -2.10. The van der Waals surface area contributed by atoms with E-state index in [1.54, 1.807) is 5.32 Å². The summed E-state index contributed by atoms with van der Waals surface area (Å²) in [5, 5.41) is 2.01. The van der Waals surface area contributed by atoms with Crippen LogP contribution < -0.4 is 5.32 Å². The van der Waals surface area contributed by atoms with Gasteiger partial charge in [-0.1, -0.05) is 17.8 Å². The molecule has 1 aromatic heterocycles. The molecule has 0 unspecified atom stereocenters. The van der Waals surface area contributed by atoms with Crippen molar-refractivity contribution in [2.24, 2.45) is 0 Å². The Morgan fingerprint density at radius 1 is 1.19 bits per heavy atom. The largest absolute Gasteiger partial charge is 0.452 e. The number of aryl methyl sites for hydroxylation is 2. The minimum absolute atomic E-state index is 0.129. The van der Waals surface area contributed by atoms with Crippen LogP contribution in [0.5, 0.6) is 0 Å². The van der Waals surface area contributed by atoms with Gasteiger partial charge >= 0.3 is 12.1 Å². The Hall–Kier alpha value is -2.55. The smallest absolute Gasteiger partial charge is 0.405 e. The second-order valence-electron chi connectivity index (χ2n) is 5.67. The SMILES string of the molecule is Cc1ccc(Sc2ncccc2C(=O)OCC(=O)NCC(F)(F)F)cc1C. The Bertz CT molecular complexity index is 841. The van der Waals surface area contributed by atoms with Crippen molar-refractivity contribution in [3.05, 3.63) is 53.2 Å². The monoisotopic (exact) mass is 398 g/mol. The van der Waals surface area contributed by atoms with Crippen molar-refractivity contribution in [3.8, 4) is 0 Å². The van der Waals surface area contributed by atoms with Crippen molar-refractivity contribution in [3.63, 3.8) is 0 Å². The molecule has 0 fully saturated rings. The molecule has 0 aliphatic carbocycles. The van der Waals surface area contributed by atoms with E-state index in [9.17, 15) is 22.8 Å². The van der Waals surface area contributed by atoms with Gasteiger partial charge in [-0.2, -0.15) is 13.2 Å². The lowest BCUT2D eigenvalue weighted by Crippen LogP contribution is -2.36. The molecular weight excluding hydrogens is 381 g/mol. The van der Waals surface area contributed by atoms with Crippen LogP contribution in [-0.4, -0.2) is 36.2 Å².